The summed E-state index contributed by atoms with van der Waals surface area (Å²) in [5, 5.41) is 4.92. The SMILES string of the molecule is Cc1nc(C(=O)N2C[C@@H](C)O[C@H](C)C2)nn1-c1ccccc1Cl. The van der Waals surface area contributed by atoms with Crippen molar-refractivity contribution in [2.75, 3.05) is 13.1 Å². The smallest absolute Gasteiger partial charge is 0.293 e. The highest BCUT2D eigenvalue weighted by atomic mass is 35.5. The van der Waals surface area contributed by atoms with Gasteiger partial charge in [-0.25, -0.2) is 9.67 Å². The number of aryl methyl sites for hydroxylation is 1. The van der Waals surface area contributed by atoms with Gasteiger partial charge in [-0.05, 0) is 32.9 Å². The molecule has 2 atom stereocenters. The van der Waals surface area contributed by atoms with E-state index < -0.39 is 0 Å². The summed E-state index contributed by atoms with van der Waals surface area (Å²) in [6.45, 7) is 6.80. The van der Waals surface area contributed by atoms with E-state index in [1.54, 1.807) is 22.6 Å². The Balaban J connectivity index is 1.89. The van der Waals surface area contributed by atoms with Crippen molar-refractivity contribution in [2.24, 2.45) is 0 Å². The molecule has 122 valence electrons. The minimum Gasteiger partial charge on any atom is -0.372 e. The number of nitrogens with zero attached hydrogens (tertiary/aromatic N) is 4. The van der Waals surface area contributed by atoms with Gasteiger partial charge in [0.1, 0.15) is 5.82 Å². The van der Waals surface area contributed by atoms with E-state index in [1.165, 1.54) is 0 Å². The summed E-state index contributed by atoms with van der Waals surface area (Å²) in [7, 11) is 0. The second kappa shape index (κ2) is 6.29. The molecule has 2 heterocycles. The van der Waals surface area contributed by atoms with Crippen LogP contribution in [0.3, 0.4) is 0 Å². The maximum absolute atomic E-state index is 12.7. The van der Waals surface area contributed by atoms with Gasteiger partial charge in [-0.15, -0.1) is 5.10 Å². The lowest BCUT2D eigenvalue weighted by molar-refractivity contribution is -0.0588. The van der Waals surface area contributed by atoms with Crippen LogP contribution < -0.4 is 0 Å². The molecule has 1 aliphatic heterocycles. The average molecular weight is 335 g/mol. The molecule has 0 unspecified atom stereocenters. The number of para-hydroxylation sites is 1. The summed E-state index contributed by atoms with van der Waals surface area (Å²) in [6, 6.07) is 7.35. The fraction of sp³-hybridized carbons (Fsp3) is 0.438. The summed E-state index contributed by atoms with van der Waals surface area (Å²) in [5.74, 6) is 0.625. The maximum Gasteiger partial charge on any atom is 0.293 e. The molecule has 7 heteroatoms. The number of morpholine rings is 1. The van der Waals surface area contributed by atoms with E-state index in [2.05, 4.69) is 10.1 Å². The number of halogens is 1. The largest absolute Gasteiger partial charge is 0.372 e. The first-order chi connectivity index (χ1) is 11.0. The topological polar surface area (TPSA) is 60.3 Å². The van der Waals surface area contributed by atoms with Crippen LogP contribution in [0.25, 0.3) is 5.69 Å². The van der Waals surface area contributed by atoms with E-state index in [1.807, 2.05) is 32.0 Å². The van der Waals surface area contributed by atoms with Gasteiger partial charge in [0.25, 0.3) is 5.91 Å². The van der Waals surface area contributed by atoms with E-state index in [0.29, 0.717) is 29.6 Å². The van der Waals surface area contributed by atoms with Gasteiger partial charge in [0.2, 0.25) is 5.82 Å². The summed E-state index contributed by atoms with van der Waals surface area (Å²) >= 11 is 6.21. The molecule has 0 aliphatic carbocycles. The van der Waals surface area contributed by atoms with Crippen LogP contribution in [0.1, 0.15) is 30.3 Å². The van der Waals surface area contributed by atoms with E-state index in [9.17, 15) is 4.79 Å². The fourth-order valence-electron chi connectivity index (χ4n) is 2.82. The van der Waals surface area contributed by atoms with Gasteiger partial charge < -0.3 is 9.64 Å². The van der Waals surface area contributed by atoms with Crippen LogP contribution in [0.2, 0.25) is 5.02 Å². The highest BCUT2D eigenvalue weighted by molar-refractivity contribution is 6.32. The molecule has 1 aromatic carbocycles. The van der Waals surface area contributed by atoms with Crippen LogP contribution >= 0.6 is 11.6 Å². The van der Waals surface area contributed by atoms with E-state index in [-0.39, 0.29) is 23.9 Å². The number of aromatic nitrogens is 3. The van der Waals surface area contributed by atoms with Crippen LogP contribution in [0.4, 0.5) is 0 Å². The second-order valence-electron chi connectivity index (χ2n) is 5.81. The molecule has 0 spiro atoms. The van der Waals surface area contributed by atoms with Gasteiger partial charge in [0, 0.05) is 13.1 Å². The van der Waals surface area contributed by atoms with Crippen molar-refractivity contribution in [1.82, 2.24) is 19.7 Å². The molecule has 0 N–H and O–H groups in total. The summed E-state index contributed by atoms with van der Waals surface area (Å²) in [6.07, 6.45) is 0.0175. The standard InChI is InChI=1S/C16H19ClN4O2/c1-10-8-20(9-11(2)23-10)16(22)15-18-12(3)21(19-15)14-7-5-4-6-13(14)17/h4-7,10-11H,8-9H2,1-3H3/t10-,11-/m1/s1. The second-order valence-corrected chi connectivity index (χ2v) is 6.22. The molecule has 1 aliphatic rings. The van der Waals surface area contributed by atoms with Crippen LogP contribution in [0, 0.1) is 6.92 Å². The highest BCUT2D eigenvalue weighted by Crippen LogP contribution is 2.21. The Morgan fingerprint density at radius 2 is 1.91 bits per heavy atom. The molecule has 0 saturated carbocycles. The van der Waals surface area contributed by atoms with E-state index >= 15 is 0 Å². The Kier molecular flexibility index (Phi) is 4.37. The van der Waals surface area contributed by atoms with Crippen LogP contribution in [0.15, 0.2) is 24.3 Å². The summed E-state index contributed by atoms with van der Waals surface area (Å²) in [4.78, 5) is 18.7. The van der Waals surface area contributed by atoms with Gasteiger partial charge in [-0.3, -0.25) is 4.79 Å². The molecule has 1 fully saturated rings. The number of ether oxygens (including phenoxy) is 1. The Hall–Kier alpha value is -1.92. The van der Waals surface area contributed by atoms with Gasteiger partial charge in [-0.1, -0.05) is 23.7 Å². The zero-order chi connectivity index (χ0) is 16.6. The predicted molar refractivity (Wildman–Crippen MR) is 87.0 cm³/mol. The maximum atomic E-state index is 12.7. The number of amides is 1. The first-order valence-electron chi connectivity index (χ1n) is 7.59. The third-order valence-electron chi connectivity index (χ3n) is 3.75. The first-order valence-corrected chi connectivity index (χ1v) is 7.97. The number of hydrogen-bond acceptors (Lipinski definition) is 4. The minimum absolute atomic E-state index is 0.00875. The number of carbonyl (C=O) groups is 1. The summed E-state index contributed by atoms with van der Waals surface area (Å²) < 4.78 is 7.26. The van der Waals surface area contributed by atoms with Crippen LogP contribution in [-0.4, -0.2) is 50.9 Å². The van der Waals surface area contributed by atoms with Crippen LogP contribution in [0.5, 0.6) is 0 Å². The van der Waals surface area contributed by atoms with Gasteiger partial charge in [0.05, 0.1) is 22.9 Å². The lowest BCUT2D eigenvalue weighted by Gasteiger charge is -2.34. The quantitative estimate of drug-likeness (QED) is 0.846. The predicted octanol–water partition coefficient (Wildman–Crippen LogP) is 2.48. The molecule has 1 saturated heterocycles. The Bertz CT molecular complexity index is 721. The lowest BCUT2D eigenvalue weighted by atomic mass is 10.2. The number of carbonyl (C=O) groups excluding carboxylic acids is 1. The van der Waals surface area contributed by atoms with Gasteiger partial charge in [0.15, 0.2) is 0 Å². The summed E-state index contributed by atoms with van der Waals surface area (Å²) in [5.41, 5.74) is 0.710. The van der Waals surface area contributed by atoms with Crippen molar-refractivity contribution in [1.29, 1.82) is 0 Å². The van der Waals surface area contributed by atoms with Crippen molar-refractivity contribution in [3.05, 3.63) is 40.9 Å². The zero-order valence-corrected chi connectivity index (χ0v) is 14.1. The van der Waals surface area contributed by atoms with E-state index in [4.69, 9.17) is 16.3 Å². The Morgan fingerprint density at radius 1 is 1.26 bits per heavy atom. The minimum atomic E-state index is -0.180. The molecule has 1 aromatic heterocycles. The highest BCUT2D eigenvalue weighted by Gasteiger charge is 2.29. The zero-order valence-electron chi connectivity index (χ0n) is 13.4. The Labute approximate surface area is 140 Å². The molecule has 3 rings (SSSR count). The molecule has 6 nitrogen and oxygen atoms in total. The molecule has 2 aromatic rings. The van der Waals surface area contributed by atoms with Crippen molar-refractivity contribution in [3.63, 3.8) is 0 Å². The van der Waals surface area contributed by atoms with Gasteiger partial charge >= 0.3 is 0 Å². The van der Waals surface area contributed by atoms with Crippen molar-refractivity contribution in [2.45, 2.75) is 33.0 Å². The number of hydrogen-bond donors (Lipinski definition) is 0. The van der Waals surface area contributed by atoms with E-state index in [0.717, 1.165) is 0 Å². The molecule has 1 amide bonds. The molecular formula is C16H19ClN4O2. The van der Waals surface area contributed by atoms with Crippen molar-refractivity contribution >= 4 is 17.5 Å². The molecule has 23 heavy (non-hydrogen) atoms. The molecular weight excluding hydrogens is 316 g/mol. The monoisotopic (exact) mass is 334 g/mol. The van der Waals surface area contributed by atoms with Crippen LogP contribution in [-0.2, 0) is 4.74 Å². The molecule has 0 bridgehead atoms. The third kappa shape index (κ3) is 3.23. The van der Waals surface area contributed by atoms with Crippen molar-refractivity contribution < 1.29 is 9.53 Å². The number of benzene rings is 1. The first kappa shape index (κ1) is 16.0. The van der Waals surface area contributed by atoms with Gasteiger partial charge in [-0.2, -0.15) is 0 Å². The number of rotatable bonds is 2. The average Bonchev–Trinajstić information content (AvgIpc) is 2.88. The molecule has 0 radical (unpaired) electrons. The van der Waals surface area contributed by atoms with Crippen molar-refractivity contribution in [3.8, 4) is 5.69 Å². The normalized spacial score (nSPS) is 21.5. The lowest BCUT2D eigenvalue weighted by Crippen LogP contribution is -2.48. The third-order valence-corrected chi connectivity index (χ3v) is 4.07. The fourth-order valence-corrected chi connectivity index (χ4v) is 3.03. The Morgan fingerprint density at radius 3 is 2.57 bits per heavy atom.